The van der Waals surface area contributed by atoms with Crippen LogP contribution in [-0.2, 0) is 0 Å². The average Bonchev–Trinajstić information content (AvgIpc) is 2.98. The van der Waals surface area contributed by atoms with Gasteiger partial charge in [0.05, 0.1) is 28.3 Å². The fourth-order valence-electron chi connectivity index (χ4n) is 4.20. The first-order valence-electron chi connectivity index (χ1n) is 13.3. The van der Waals surface area contributed by atoms with Crippen LogP contribution in [-0.4, -0.2) is 33.1 Å². The van der Waals surface area contributed by atoms with Crippen LogP contribution in [0.3, 0.4) is 0 Å². The molecule has 1 heterocycles. The van der Waals surface area contributed by atoms with Gasteiger partial charge in [-0.3, -0.25) is 4.79 Å². The molecular weight excluding hydrogens is 528 g/mol. The second-order valence-corrected chi connectivity index (χ2v) is 9.84. The van der Waals surface area contributed by atoms with Gasteiger partial charge in [0.1, 0.15) is 5.75 Å². The van der Waals surface area contributed by atoms with Gasteiger partial charge in [-0.05, 0) is 80.9 Å². The lowest BCUT2D eigenvalue weighted by Gasteiger charge is -2.12. The van der Waals surface area contributed by atoms with Crippen molar-refractivity contribution in [1.29, 1.82) is 0 Å². The number of fused-ring (bicyclic) bond motifs is 1. The third-order valence-electron chi connectivity index (χ3n) is 6.33. The molecule has 0 unspecified atom stereocenters. The number of aromatic carboxylic acids is 1. The van der Waals surface area contributed by atoms with E-state index in [4.69, 9.17) is 14.8 Å². The van der Waals surface area contributed by atoms with Crippen LogP contribution in [0.1, 0.15) is 51.3 Å². The zero-order chi connectivity index (χ0) is 29.6. The molecule has 8 nitrogen and oxygen atoms in total. The molecule has 0 saturated heterocycles. The van der Waals surface area contributed by atoms with Gasteiger partial charge < -0.3 is 20.5 Å². The molecule has 0 aliphatic heterocycles. The van der Waals surface area contributed by atoms with Gasteiger partial charge >= 0.3 is 5.97 Å². The molecule has 1 aromatic heterocycles. The summed E-state index contributed by atoms with van der Waals surface area (Å²) < 4.78 is 5.90. The highest BCUT2D eigenvalue weighted by atomic mass is 16.5. The standard InChI is InChI=1S/C34H28N4O4/c1-21(2)42-30-10-5-4-7-23(30)12-13-24-8-6-9-27-20-35-34(38-31(24)27)36-28-18-11-22(3)29(19-28)37-32(39)25-14-16-26(17-15-25)33(40)41/h4-11,14-21H,1-3H3,(H,37,39)(H,40,41)(H,35,36,38). The van der Waals surface area contributed by atoms with E-state index in [9.17, 15) is 9.59 Å². The molecule has 42 heavy (non-hydrogen) atoms. The van der Waals surface area contributed by atoms with E-state index in [1.54, 1.807) is 12.3 Å². The summed E-state index contributed by atoms with van der Waals surface area (Å²) in [5, 5.41) is 16.1. The van der Waals surface area contributed by atoms with Crippen molar-refractivity contribution < 1.29 is 19.4 Å². The van der Waals surface area contributed by atoms with E-state index < -0.39 is 5.97 Å². The Labute approximate surface area is 243 Å². The number of benzene rings is 4. The van der Waals surface area contributed by atoms with E-state index in [1.165, 1.54) is 24.3 Å². The Bertz CT molecular complexity index is 1850. The monoisotopic (exact) mass is 556 g/mol. The lowest BCUT2D eigenvalue weighted by atomic mass is 10.1. The Morgan fingerprint density at radius 3 is 2.36 bits per heavy atom. The Morgan fingerprint density at radius 2 is 1.60 bits per heavy atom. The molecule has 208 valence electrons. The first kappa shape index (κ1) is 27.9. The van der Waals surface area contributed by atoms with Crippen molar-refractivity contribution in [1.82, 2.24) is 9.97 Å². The van der Waals surface area contributed by atoms with Crippen LogP contribution in [0, 0.1) is 18.8 Å². The van der Waals surface area contributed by atoms with Crippen molar-refractivity contribution in [2.75, 3.05) is 10.6 Å². The van der Waals surface area contributed by atoms with Gasteiger partial charge in [0.15, 0.2) is 0 Å². The summed E-state index contributed by atoms with van der Waals surface area (Å²) in [4.78, 5) is 33.1. The van der Waals surface area contributed by atoms with Crippen molar-refractivity contribution in [2.24, 2.45) is 0 Å². The number of para-hydroxylation sites is 2. The highest BCUT2D eigenvalue weighted by Gasteiger charge is 2.11. The third-order valence-corrected chi connectivity index (χ3v) is 6.33. The van der Waals surface area contributed by atoms with Gasteiger partial charge in [-0.15, -0.1) is 0 Å². The van der Waals surface area contributed by atoms with Crippen LogP contribution in [0.4, 0.5) is 17.3 Å². The van der Waals surface area contributed by atoms with E-state index in [1.807, 2.05) is 75.4 Å². The summed E-state index contributed by atoms with van der Waals surface area (Å²) in [7, 11) is 0. The number of carboxylic acid groups (broad SMARTS) is 1. The molecule has 1 amide bonds. The minimum Gasteiger partial charge on any atom is -0.490 e. The highest BCUT2D eigenvalue weighted by molar-refractivity contribution is 6.05. The molecule has 0 atom stereocenters. The molecule has 0 saturated carbocycles. The van der Waals surface area contributed by atoms with Gasteiger partial charge in [0.25, 0.3) is 5.91 Å². The van der Waals surface area contributed by atoms with Crippen LogP contribution < -0.4 is 15.4 Å². The maximum absolute atomic E-state index is 12.8. The van der Waals surface area contributed by atoms with Crippen LogP contribution in [0.5, 0.6) is 5.75 Å². The number of rotatable bonds is 7. The van der Waals surface area contributed by atoms with Crippen molar-refractivity contribution in [3.8, 4) is 17.6 Å². The number of hydrogen-bond donors (Lipinski definition) is 3. The number of amides is 1. The molecule has 3 N–H and O–H groups in total. The summed E-state index contributed by atoms with van der Waals surface area (Å²) in [6, 6.07) is 24.8. The van der Waals surface area contributed by atoms with E-state index in [0.717, 1.165) is 27.8 Å². The lowest BCUT2D eigenvalue weighted by molar-refractivity contribution is 0.0696. The van der Waals surface area contributed by atoms with Crippen molar-refractivity contribution in [3.63, 3.8) is 0 Å². The number of aryl methyl sites for hydroxylation is 1. The quantitative estimate of drug-likeness (QED) is 0.189. The number of hydrogen-bond acceptors (Lipinski definition) is 6. The number of carboxylic acids is 1. The number of carbonyl (C=O) groups excluding carboxylic acids is 1. The molecule has 5 aromatic rings. The summed E-state index contributed by atoms with van der Waals surface area (Å²) in [6.07, 6.45) is 1.77. The summed E-state index contributed by atoms with van der Waals surface area (Å²) in [5.41, 5.74) is 4.85. The number of nitrogens with zero attached hydrogens (tertiary/aromatic N) is 2. The Morgan fingerprint density at radius 1 is 0.881 bits per heavy atom. The number of nitrogens with one attached hydrogen (secondary N) is 2. The fraction of sp³-hybridized carbons (Fsp3) is 0.118. The summed E-state index contributed by atoms with van der Waals surface area (Å²) in [5.74, 6) is 6.19. The topological polar surface area (TPSA) is 113 Å². The molecule has 0 aliphatic rings. The van der Waals surface area contributed by atoms with Crippen LogP contribution in [0.25, 0.3) is 10.9 Å². The van der Waals surface area contributed by atoms with Crippen molar-refractivity contribution >= 4 is 40.1 Å². The van der Waals surface area contributed by atoms with Crippen LogP contribution in [0.2, 0.25) is 0 Å². The Hall–Kier alpha value is -5.68. The second kappa shape index (κ2) is 12.2. The predicted molar refractivity (Wildman–Crippen MR) is 164 cm³/mol. The number of aromatic nitrogens is 2. The highest BCUT2D eigenvalue weighted by Crippen LogP contribution is 2.25. The molecule has 0 aliphatic carbocycles. The van der Waals surface area contributed by atoms with E-state index in [-0.39, 0.29) is 17.6 Å². The molecule has 0 spiro atoms. The molecule has 8 heteroatoms. The zero-order valence-corrected chi connectivity index (χ0v) is 23.3. The minimum absolute atomic E-state index is 0.0350. The number of anilines is 3. The van der Waals surface area contributed by atoms with Gasteiger partial charge in [-0.1, -0.05) is 42.2 Å². The zero-order valence-electron chi connectivity index (χ0n) is 23.3. The van der Waals surface area contributed by atoms with Gasteiger partial charge in [0.2, 0.25) is 5.95 Å². The second-order valence-electron chi connectivity index (χ2n) is 9.84. The van der Waals surface area contributed by atoms with Crippen LogP contribution in [0.15, 0.2) is 91.1 Å². The molecule has 0 radical (unpaired) electrons. The molecule has 0 bridgehead atoms. The fourth-order valence-corrected chi connectivity index (χ4v) is 4.20. The van der Waals surface area contributed by atoms with E-state index >= 15 is 0 Å². The van der Waals surface area contributed by atoms with Crippen molar-refractivity contribution in [2.45, 2.75) is 26.9 Å². The summed E-state index contributed by atoms with van der Waals surface area (Å²) >= 11 is 0. The third kappa shape index (κ3) is 6.54. The largest absolute Gasteiger partial charge is 0.490 e. The molecule has 0 fully saturated rings. The maximum atomic E-state index is 12.8. The average molecular weight is 557 g/mol. The maximum Gasteiger partial charge on any atom is 0.335 e. The smallest absolute Gasteiger partial charge is 0.335 e. The van der Waals surface area contributed by atoms with Gasteiger partial charge in [0, 0.05) is 28.5 Å². The van der Waals surface area contributed by atoms with Crippen molar-refractivity contribution in [3.05, 3.63) is 119 Å². The first-order valence-corrected chi connectivity index (χ1v) is 13.3. The minimum atomic E-state index is -1.05. The Kier molecular flexibility index (Phi) is 8.12. The van der Waals surface area contributed by atoms with Crippen LogP contribution >= 0.6 is 0 Å². The normalized spacial score (nSPS) is 10.6. The first-order chi connectivity index (χ1) is 20.3. The number of carbonyl (C=O) groups is 2. The summed E-state index contributed by atoms with van der Waals surface area (Å²) in [6.45, 7) is 5.84. The molecule has 4 aromatic carbocycles. The SMILES string of the molecule is Cc1ccc(Nc2ncc3cccc(C#Cc4ccccc4OC(C)C)c3n2)cc1NC(=O)c1ccc(C(=O)O)cc1. The van der Waals surface area contributed by atoms with E-state index in [2.05, 4.69) is 27.5 Å². The van der Waals surface area contributed by atoms with Gasteiger partial charge in [-0.25, -0.2) is 14.8 Å². The predicted octanol–water partition coefficient (Wildman–Crippen LogP) is 6.82. The molecule has 5 rings (SSSR count). The van der Waals surface area contributed by atoms with E-state index in [0.29, 0.717) is 28.4 Å². The number of ether oxygens (including phenoxy) is 1. The Balaban J connectivity index is 1.38. The molecular formula is C34H28N4O4. The lowest BCUT2D eigenvalue weighted by Crippen LogP contribution is -2.13. The van der Waals surface area contributed by atoms with Gasteiger partial charge in [-0.2, -0.15) is 0 Å².